The Morgan fingerprint density at radius 2 is 2.35 bits per heavy atom. The lowest BCUT2D eigenvalue weighted by atomic mass is 10.0. The van der Waals surface area contributed by atoms with Gasteiger partial charge >= 0.3 is 5.97 Å². The molecule has 2 rings (SSSR count). The summed E-state index contributed by atoms with van der Waals surface area (Å²) in [7, 11) is 1.37. The minimum Gasteiger partial charge on any atom is -0.493 e. The Bertz CT molecular complexity index is 409. The molecule has 17 heavy (non-hydrogen) atoms. The third kappa shape index (κ3) is 3.11. The molecule has 5 heteroatoms. The van der Waals surface area contributed by atoms with Crippen molar-refractivity contribution in [2.24, 2.45) is 5.73 Å². The van der Waals surface area contributed by atoms with Gasteiger partial charge < -0.3 is 15.2 Å². The second kappa shape index (κ2) is 5.89. The van der Waals surface area contributed by atoms with Crippen molar-refractivity contribution >= 4 is 18.4 Å². The Balaban J connectivity index is 0.00000144. The molecule has 1 heterocycles. The first kappa shape index (κ1) is 13.8. The lowest BCUT2D eigenvalue weighted by Crippen LogP contribution is -2.16. The molecule has 1 aromatic rings. The largest absolute Gasteiger partial charge is 0.493 e. The van der Waals surface area contributed by atoms with Crippen LogP contribution in [0.4, 0.5) is 0 Å². The summed E-state index contributed by atoms with van der Waals surface area (Å²) in [6, 6.07) is 5.51. The van der Waals surface area contributed by atoms with Crippen molar-refractivity contribution in [2.45, 2.75) is 18.9 Å². The molecule has 0 spiro atoms. The SMILES string of the molecule is COC(=O)C[C@H](N)c1ccc2c(c1)CCO2.Cl. The number of benzene rings is 1. The van der Waals surface area contributed by atoms with Crippen molar-refractivity contribution in [1.82, 2.24) is 0 Å². The van der Waals surface area contributed by atoms with Crippen molar-refractivity contribution in [1.29, 1.82) is 0 Å². The van der Waals surface area contributed by atoms with Crippen molar-refractivity contribution < 1.29 is 14.3 Å². The Morgan fingerprint density at radius 3 is 3.06 bits per heavy atom. The number of ether oxygens (including phenoxy) is 2. The van der Waals surface area contributed by atoms with Gasteiger partial charge in [-0.05, 0) is 17.2 Å². The van der Waals surface area contributed by atoms with Crippen LogP contribution in [0.1, 0.15) is 23.6 Å². The van der Waals surface area contributed by atoms with Crippen LogP contribution in [-0.2, 0) is 16.0 Å². The molecule has 1 aliphatic heterocycles. The van der Waals surface area contributed by atoms with Crippen LogP contribution in [0.25, 0.3) is 0 Å². The minimum absolute atomic E-state index is 0. The molecular formula is C12H16ClNO3. The van der Waals surface area contributed by atoms with E-state index in [0.29, 0.717) is 0 Å². The molecule has 0 fully saturated rings. The monoisotopic (exact) mass is 257 g/mol. The van der Waals surface area contributed by atoms with Gasteiger partial charge in [0, 0.05) is 12.5 Å². The number of hydrogen-bond donors (Lipinski definition) is 1. The molecular weight excluding hydrogens is 242 g/mol. The maximum Gasteiger partial charge on any atom is 0.307 e. The maximum atomic E-state index is 11.1. The molecule has 0 bridgehead atoms. The molecule has 0 amide bonds. The fourth-order valence-corrected chi connectivity index (χ4v) is 1.82. The van der Waals surface area contributed by atoms with Crippen molar-refractivity contribution in [3.8, 4) is 5.75 Å². The van der Waals surface area contributed by atoms with E-state index in [1.807, 2.05) is 18.2 Å². The summed E-state index contributed by atoms with van der Waals surface area (Å²) in [6.45, 7) is 0.727. The first-order valence-corrected chi connectivity index (χ1v) is 5.28. The van der Waals surface area contributed by atoms with E-state index in [2.05, 4.69) is 4.74 Å². The number of halogens is 1. The van der Waals surface area contributed by atoms with Crippen molar-refractivity contribution in [3.63, 3.8) is 0 Å². The average molecular weight is 258 g/mol. The lowest BCUT2D eigenvalue weighted by molar-refractivity contribution is -0.141. The van der Waals surface area contributed by atoms with E-state index in [0.717, 1.165) is 29.9 Å². The van der Waals surface area contributed by atoms with E-state index < -0.39 is 0 Å². The van der Waals surface area contributed by atoms with Crippen LogP contribution in [0.3, 0.4) is 0 Å². The van der Waals surface area contributed by atoms with Gasteiger partial charge in [-0.1, -0.05) is 12.1 Å². The predicted molar refractivity (Wildman–Crippen MR) is 66.5 cm³/mol. The van der Waals surface area contributed by atoms with Gasteiger partial charge in [0.2, 0.25) is 0 Å². The highest BCUT2D eigenvalue weighted by Gasteiger charge is 2.16. The Morgan fingerprint density at radius 1 is 1.59 bits per heavy atom. The number of hydrogen-bond acceptors (Lipinski definition) is 4. The fraction of sp³-hybridized carbons (Fsp3) is 0.417. The highest BCUT2D eigenvalue weighted by molar-refractivity contribution is 5.85. The lowest BCUT2D eigenvalue weighted by Gasteiger charge is -2.11. The van der Waals surface area contributed by atoms with Crippen molar-refractivity contribution in [3.05, 3.63) is 29.3 Å². The summed E-state index contributed by atoms with van der Waals surface area (Å²) in [4.78, 5) is 11.1. The van der Waals surface area contributed by atoms with Gasteiger partial charge in [0.25, 0.3) is 0 Å². The van der Waals surface area contributed by atoms with Crippen LogP contribution in [0.15, 0.2) is 18.2 Å². The van der Waals surface area contributed by atoms with E-state index >= 15 is 0 Å². The van der Waals surface area contributed by atoms with Gasteiger partial charge in [-0.3, -0.25) is 4.79 Å². The second-order valence-electron chi connectivity index (χ2n) is 3.85. The molecule has 0 radical (unpaired) electrons. The number of nitrogens with two attached hydrogens (primary N) is 1. The van der Waals surface area contributed by atoms with Crippen LogP contribution in [0.5, 0.6) is 5.75 Å². The first-order valence-electron chi connectivity index (χ1n) is 5.28. The van der Waals surface area contributed by atoms with Crippen LogP contribution < -0.4 is 10.5 Å². The topological polar surface area (TPSA) is 61.5 Å². The summed E-state index contributed by atoms with van der Waals surface area (Å²) in [5.74, 6) is 0.637. The number of esters is 1. The normalized spacial score (nSPS) is 14.2. The molecule has 94 valence electrons. The van der Waals surface area contributed by atoms with Gasteiger partial charge in [0.05, 0.1) is 20.1 Å². The smallest absolute Gasteiger partial charge is 0.307 e. The third-order valence-electron chi connectivity index (χ3n) is 2.76. The van der Waals surface area contributed by atoms with Crippen LogP contribution in [0.2, 0.25) is 0 Å². The standard InChI is InChI=1S/C12H15NO3.ClH/c1-15-12(14)7-10(13)8-2-3-11-9(6-8)4-5-16-11;/h2-3,6,10H,4-5,7,13H2,1H3;1H/t10-;/m0./s1. The summed E-state index contributed by atoms with van der Waals surface area (Å²) in [5, 5.41) is 0. The van der Waals surface area contributed by atoms with Crippen molar-refractivity contribution in [2.75, 3.05) is 13.7 Å². The van der Waals surface area contributed by atoms with E-state index in [9.17, 15) is 4.79 Å². The molecule has 0 saturated carbocycles. The third-order valence-corrected chi connectivity index (χ3v) is 2.76. The van der Waals surface area contributed by atoms with Gasteiger partial charge in [-0.2, -0.15) is 0 Å². The first-order chi connectivity index (χ1) is 7.70. The highest BCUT2D eigenvalue weighted by atomic mass is 35.5. The zero-order chi connectivity index (χ0) is 11.5. The average Bonchev–Trinajstić information content (AvgIpc) is 2.75. The minimum atomic E-state index is -0.307. The van der Waals surface area contributed by atoms with Crippen LogP contribution in [0, 0.1) is 0 Å². The van der Waals surface area contributed by atoms with Gasteiger partial charge in [-0.25, -0.2) is 0 Å². The van der Waals surface area contributed by atoms with Crippen LogP contribution >= 0.6 is 12.4 Å². The van der Waals surface area contributed by atoms with Gasteiger partial charge in [0.15, 0.2) is 0 Å². The summed E-state index contributed by atoms with van der Waals surface area (Å²) in [6.07, 6.45) is 1.12. The second-order valence-corrected chi connectivity index (χ2v) is 3.85. The molecule has 2 N–H and O–H groups in total. The number of rotatable bonds is 3. The predicted octanol–water partition coefficient (Wildman–Crippen LogP) is 1.61. The number of carbonyl (C=O) groups excluding carboxylic acids is 1. The zero-order valence-corrected chi connectivity index (χ0v) is 10.5. The Kier molecular flexibility index (Phi) is 4.78. The quantitative estimate of drug-likeness (QED) is 0.836. The van der Waals surface area contributed by atoms with E-state index in [1.54, 1.807) is 0 Å². The van der Waals surface area contributed by atoms with E-state index in [1.165, 1.54) is 7.11 Å². The van der Waals surface area contributed by atoms with E-state index in [-0.39, 0.29) is 30.8 Å². The Labute approximate surface area is 106 Å². The summed E-state index contributed by atoms with van der Waals surface area (Å²) >= 11 is 0. The van der Waals surface area contributed by atoms with Gasteiger partial charge in [0.1, 0.15) is 5.75 Å². The zero-order valence-electron chi connectivity index (χ0n) is 9.64. The Hall–Kier alpha value is -1.26. The number of carbonyl (C=O) groups is 1. The summed E-state index contributed by atoms with van der Waals surface area (Å²) in [5.41, 5.74) is 8.04. The van der Waals surface area contributed by atoms with E-state index in [4.69, 9.17) is 10.5 Å². The molecule has 0 aromatic heterocycles. The number of methoxy groups -OCH3 is 1. The van der Waals surface area contributed by atoms with Crippen LogP contribution in [-0.4, -0.2) is 19.7 Å². The molecule has 0 aliphatic carbocycles. The fourth-order valence-electron chi connectivity index (χ4n) is 1.82. The van der Waals surface area contributed by atoms with Gasteiger partial charge in [-0.15, -0.1) is 12.4 Å². The molecule has 0 saturated heterocycles. The highest BCUT2D eigenvalue weighted by Crippen LogP contribution is 2.28. The number of fused-ring (bicyclic) bond motifs is 1. The molecule has 1 aliphatic rings. The summed E-state index contributed by atoms with van der Waals surface area (Å²) < 4.78 is 9.99. The molecule has 0 unspecified atom stereocenters. The molecule has 4 nitrogen and oxygen atoms in total. The maximum absolute atomic E-state index is 11.1. The molecule has 1 atom stereocenters. The molecule has 1 aromatic carbocycles.